The highest BCUT2D eigenvalue weighted by Crippen LogP contribution is 2.34. The zero-order chi connectivity index (χ0) is 14.8. The Kier molecular flexibility index (Phi) is 4.23. The number of piperidine rings is 1. The van der Waals surface area contributed by atoms with Crippen LogP contribution in [0.3, 0.4) is 0 Å². The smallest absolute Gasteiger partial charge is 0.311 e. The largest absolute Gasteiger partial charge is 0.481 e. The first-order valence-electron chi connectivity index (χ1n) is 6.90. The van der Waals surface area contributed by atoms with Crippen molar-refractivity contribution in [2.75, 3.05) is 13.1 Å². The molecular weight excluding hydrogens is 256 g/mol. The maximum absolute atomic E-state index is 11.6. The summed E-state index contributed by atoms with van der Waals surface area (Å²) in [5, 5.41) is 17.7. The molecule has 0 aliphatic carbocycles. The van der Waals surface area contributed by atoms with Gasteiger partial charge in [-0.25, -0.2) is 0 Å². The predicted octanol–water partition coefficient (Wildman–Crippen LogP) is 1.37. The number of carboxylic acid groups (broad SMARTS) is 1. The van der Waals surface area contributed by atoms with Crippen LogP contribution in [0.1, 0.15) is 30.9 Å². The van der Waals surface area contributed by atoms with Crippen molar-refractivity contribution in [3.05, 3.63) is 24.3 Å². The summed E-state index contributed by atoms with van der Waals surface area (Å²) >= 11 is 0. The van der Waals surface area contributed by atoms with Crippen LogP contribution < -0.4 is 0 Å². The van der Waals surface area contributed by atoms with Gasteiger partial charge in [0.25, 0.3) is 0 Å². The van der Waals surface area contributed by atoms with Crippen molar-refractivity contribution < 1.29 is 9.90 Å². The van der Waals surface area contributed by atoms with Crippen LogP contribution in [-0.2, 0) is 18.4 Å². The van der Waals surface area contributed by atoms with E-state index in [9.17, 15) is 9.90 Å². The Morgan fingerprint density at radius 3 is 2.85 bits per heavy atom. The molecule has 6 nitrogen and oxygen atoms in total. The molecule has 1 aliphatic heterocycles. The lowest BCUT2D eigenvalue weighted by Crippen LogP contribution is -2.47. The van der Waals surface area contributed by atoms with E-state index < -0.39 is 11.4 Å². The molecule has 6 heteroatoms. The van der Waals surface area contributed by atoms with E-state index in [0.29, 0.717) is 25.9 Å². The SMILES string of the molecule is C=CCC1(C(=O)O)CCCN(Cc2nnc(C)n2C)C1. The van der Waals surface area contributed by atoms with Gasteiger partial charge in [-0.05, 0) is 32.7 Å². The molecule has 2 rings (SSSR count). The Labute approximate surface area is 119 Å². The highest BCUT2D eigenvalue weighted by Gasteiger charge is 2.41. The van der Waals surface area contributed by atoms with Gasteiger partial charge in [-0.3, -0.25) is 9.69 Å². The molecule has 1 aliphatic rings. The van der Waals surface area contributed by atoms with Gasteiger partial charge in [-0.1, -0.05) is 6.08 Å². The van der Waals surface area contributed by atoms with Crippen molar-refractivity contribution in [1.29, 1.82) is 0 Å². The minimum atomic E-state index is -0.726. The molecular formula is C14H22N4O2. The van der Waals surface area contributed by atoms with Gasteiger partial charge in [0.15, 0.2) is 0 Å². The van der Waals surface area contributed by atoms with E-state index in [0.717, 1.165) is 24.6 Å². The lowest BCUT2D eigenvalue weighted by molar-refractivity contribution is -0.152. The quantitative estimate of drug-likeness (QED) is 0.824. The molecule has 0 amide bonds. The normalized spacial score (nSPS) is 23.7. The zero-order valence-corrected chi connectivity index (χ0v) is 12.2. The maximum Gasteiger partial charge on any atom is 0.311 e. The molecule has 2 heterocycles. The first-order chi connectivity index (χ1) is 9.48. The number of likely N-dealkylation sites (tertiary alicyclic amines) is 1. The summed E-state index contributed by atoms with van der Waals surface area (Å²) in [4.78, 5) is 13.8. The predicted molar refractivity (Wildman–Crippen MR) is 75.1 cm³/mol. The molecule has 0 bridgehead atoms. The molecule has 1 aromatic rings. The molecule has 20 heavy (non-hydrogen) atoms. The van der Waals surface area contributed by atoms with Crippen LogP contribution >= 0.6 is 0 Å². The number of aromatic nitrogens is 3. The van der Waals surface area contributed by atoms with Crippen molar-refractivity contribution in [2.24, 2.45) is 12.5 Å². The molecule has 0 spiro atoms. The summed E-state index contributed by atoms with van der Waals surface area (Å²) in [6.45, 7) is 7.69. The fraction of sp³-hybridized carbons (Fsp3) is 0.643. The summed E-state index contributed by atoms with van der Waals surface area (Å²) in [6.07, 6.45) is 3.82. The van der Waals surface area contributed by atoms with Crippen molar-refractivity contribution >= 4 is 5.97 Å². The van der Waals surface area contributed by atoms with Crippen LogP contribution in [0.15, 0.2) is 12.7 Å². The molecule has 1 N–H and O–H groups in total. The lowest BCUT2D eigenvalue weighted by Gasteiger charge is -2.39. The van der Waals surface area contributed by atoms with Gasteiger partial charge in [0.2, 0.25) is 0 Å². The van der Waals surface area contributed by atoms with Crippen LogP contribution in [0, 0.1) is 12.3 Å². The lowest BCUT2D eigenvalue weighted by atomic mass is 9.77. The van der Waals surface area contributed by atoms with Crippen molar-refractivity contribution in [2.45, 2.75) is 32.7 Å². The molecule has 1 fully saturated rings. The number of aryl methyl sites for hydroxylation is 1. The Morgan fingerprint density at radius 2 is 2.30 bits per heavy atom. The monoisotopic (exact) mass is 278 g/mol. The van der Waals surface area contributed by atoms with Gasteiger partial charge in [-0.2, -0.15) is 0 Å². The van der Waals surface area contributed by atoms with Gasteiger partial charge in [0.05, 0.1) is 12.0 Å². The van der Waals surface area contributed by atoms with Gasteiger partial charge in [0.1, 0.15) is 11.6 Å². The van der Waals surface area contributed by atoms with Gasteiger partial charge < -0.3 is 9.67 Å². The number of aliphatic carboxylic acids is 1. The van der Waals surface area contributed by atoms with Crippen LogP contribution in [-0.4, -0.2) is 43.8 Å². The average molecular weight is 278 g/mol. The van der Waals surface area contributed by atoms with Crippen molar-refractivity contribution in [1.82, 2.24) is 19.7 Å². The average Bonchev–Trinajstić information content (AvgIpc) is 2.71. The first-order valence-corrected chi connectivity index (χ1v) is 6.90. The van der Waals surface area contributed by atoms with Crippen LogP contribution in [0.4, 0.5) is 0 Å². The Balaban J connectivity index is 2.12. The minimum Gasteiger partial charge on any atom is -0.481 e. The highest BCUT2D eigenvalue weighted by molar-refractivity contribution is 5.75. The maximum atomic E-state index is 11.6. The number of rotatable bonds is 5. The topological polar surface area (TPSA) is 71.2 Å². The number of hydrogen-bond donors (Lipinski definition) is 1. The third kappa shape index (κ3) is 2.75. The van der Waals surface area contributed by atoms with E-state index >= 15 is 0 Å². The zero-order valence-electron chi connectivity index (χ0n) is 12.2. The molecule has 0 radical (unpaired) electrons. The van der Waals surface area contributed by atoms with E-state index in [1.54, 1.807) is 6.08 Å². The molecule has 1 atom stereocenters. The summed E-state index contributed by atoms with van der Waals surface area (Å²) in [6, 6.07) is 0. The molecule has 1 aromatic heterocycles. The summed E-state index contributed by atoms with van der Waals surface area (Å²) in [5.74, 6) is 1.02. The molecule has 1 saturated heterocycles. The summed E-state index contributed by atoms with van der Waals surface area (Å²) < 4.78 is 1.95. The Hall–Kier alpha value is -1.69. The van der Waals surface area contributed by atoms with Crippen molar-refractivity contribution in [3.8, 4) is 0 Å². The third-order valence-electron chi connectivity index (χ3n) is 4.19. The van der Waals surface area contributed by atoms with E-state index in [2.05, 4.69) is 21.7 Å². The number of carbonyl (C=O) groups is 1. The standard InChI is InChI=1S/C14H22N4O2/c1-4-6-14(13(19)20)7-5-8-18(10-14)9-12-16-15-11(2)17(12)3/h4H,1,5-10H2,2-3H3,(H,19,20). The second-order valence-electron chi connectivity index (χ2n) is 5.61. The third-order valence-corrected chi connectivity index (χ3v) is 4.19. The number of nitrogens with zero attached hydrogens (tertiary/aromatic N) is 4. The van der Waals surface area contributed by atoms with E-state index in [4.69, 9.17) is 0 Å². The second-order valence-corrected chi connectivity index (χ2v) is 5.61. The number of carboxylic acids is 1. The summed E-state index contributed by atoms with van der Waals surface area (Å²) in [7, 11) is 1.93. The fourth-order valence-corrected chi connectivity index (χ4v) is 2.86. The number of hydrogen-bond acceptors (Lipinski definition) is 4. The molecule has 110 valence electrons. The van der Waals surface area contributed by atoms with Gasteiger partial charge in [-0.15, -0.1) is 16.8 Å². The molecule has 0 saturated carbocycles. The van der Waals surface area contributed by atoms with Crippen LogP contribution in [0.5, 0.6) is 0 Å². The van der Waals surface area contributed by atoms with Gasteiger partial charge >= 0.3 is 5.97 Å². The molecule has 0 aromatic carbocycles. The van der Waals surface area contributed by atoms with Crippen LogP contribution in [0.25, 0.3) is 0 Å². The van der Waals surface area contributed by atoms with E-state index in [1.165, 1.54) is 0 Å². The highest BCUT2D eigenvalue weighted by atomic mass is 16.4. The summed E-state index contributed by atoms with van der Waals surface area (Å²) in [5.41, 5.74) is -0.701. The van der Waals surface area contributed by atoms with Gasteiger partial charge in [0, 0.05) is 13.6 Å². The van der Waals surface area contributed by atoms with Crippen LogP contribution in [0.2, 0.25) is 0 Å². The van der Waals surface area contributed by atoms with Crippen molar-refractivity contribution in [3.63, 3.8) is 0 Å². The number of allylic oxidation sites excluding steroid dienone is 1. The molecule has 1 unspecified atom stereocenters. The Bertz CT molecular complexity index is 511. The minimum absolute atomic E-state index is 0.511. The fourth-order valence-electron chi connectivity index (χ4n) is 2.86. The Morgan fingerprint density at radius 1 is 1.55 bits per heavy atom. The second kappa shape index (κ2) is 5.75. The van der Waals surface area contributed by atoms with E-state index in [1.807, 2.05) is 18.5 Å². The first kappa shape index (κ1) is 14.7. The van der Waals surface area contributed by atoms with E-state index in [-0.39, 0.29) is 0 Å².